The zero-order valence-corrected chi connectivity index (χ0v) is 9.83. The van der Waals surface area contributed by atoms with Crippen LogP contribution in [0.1, 0.15) is 20.3 Å². The van der Waals surface area contributed by atoms with Crippen LogP contribution in [-0.4, -0.2) is 12.4 Å². The first-order valence-electron chi connectivity index (χ1n) is 5.91. The molecule has 1 heterocycles. The van der Waals surface area contributed by atoms with Crippen LogP contribution < -0.4 is 0 Å². The summed E-state index contributed by atoms with van der Waals surface area (Å²) in [7, 11) is 0. The van der Waals surface area contributed by atoms with E-state index in [4.69, 9.17) is 0 Å². The fraction of sp³-hybridized carbons (Fsp3) is 0.267. The van der Waals surface area contributed by atoms with Crippen molar-refractivity contribution in [1.29, 1.82) is 0 Å². The Balaban J connectivity index is 2.06. The van der Waals surface area contributed by atoms with Gasteiger partial charge in [-0.3, -0.25) is 0 Å². The molecule has 0 spiro atoms. The third-order valence-corrected chi connectivity index (χ3v) is 3.54. The average Bonchev–Trinajstić information content (AvgIpc) is 2.92. The molecule has 0 amide bonds. The van der Waals surface area contributed by atoms with Gasteiger partial charge in [0, 0.05) is 0 Å². The van der Waals surface area contributed by atoms with Crippen LogP contribution >= 0.6 is 0 Å². The predicted octanol–water partition coefficient (Wildman–Crippen LogP) is 3.38. The molecule has 16 heavy (non-hydrogen) atoms. The van der Waals surface area contributed by atoms with E-state index in [9.17, 15) is 0 Å². The van der Waals surface area contributed by atoms with Gasteiger partial charge in [-0.2, -0.15) is 0 Å². The Morgan fingerprint density at radius 1 is 1.25 bits per heavy atom. The topological polar surface area (TPSA) is 0 Å². The fourth-order valence-corrected chi connectivity index (χ4v) is 2.82. The first-order valence-corrected chi connectivity index (χ1v) is 5.91. The zero-order chi connectivity index (χ0) is 11.1. The van der Waals surface area contributed by atoms with E-state index in [2.05, 4.69) is 57.2 Å². The Hall–Kier alpha value is -1.37. The van der Waals surface area contributed by atoms with E-state index in [1.807, 2.05) is 0 Å². The van der Waals surface area contributed by atoms with Gasteiger partial charge in [0.2, 0.25) is 0 Å². The average molecular weight is 206 g/mol. The molecular weight excluding hydrogens is 191 g/mol. The molecule has 3 aliphatic rings. The molecule has 0 fully saturated rings. The molecular formula is C15H15B. The van der Waals surface area contributed by atoms with Gasteiger partial charge >= 0.3 is 97.2 Å². The quantitative estimate of drug-likeness (QED) is 0.577. The van der Waals surface area contributed by atoms with Crippen LogP contribution in [0.3, 0.4) is 0 Å². The molecule has 0 aromatic heterocycles. The minimum absolute atomic E-state index is 0.520. The standard InChI is InChI=1S/C15H15B/c1-10(2)14-12-8-5-9-13(12)16-15(14)11-6-3-4-7-11/h3-6,8-9,15H,7H2,1-2H3. The number of hydrogen-bond donors (Lipinski definition) is 0. The molecule has 2 aliphatic carbocycles. The number of fused-ring (bicyclic) bond motifs is 1. The molecule has 1 aliphatic heterocycles. The van der Waals surface area contributed by atoms with Crippen molar-refractivity contribution in [1.82, 2.24) is 0 Å². The van der Waals surface area contributed by atoms with Gasteiger partial charge in [0.25, 0.3) is 0 Å². The first-order chi connectivity index (χ1) is 7.77. The van der Waals surface area contributed by atoms with E-state index < -0.39 is 0 Å². The van der Waals surface area contributed by atoms with Crippen molar-refractivity contribution >= 4 is 12.4 Å². The van der Waals surface area contributed by atoms with Gasteiger partial charge in [-0.05, 0) is 0 Å². The van der Waals surface area contributed by atoms with Crippen molar-refractivity contribution < 1.29 is 0 Å². The molecule has 0 N–H and O–H groups in total. The van der Waals surface area contributed by atoms with E-state index in [0.29, 0.717) is 5.82 Å². The van der Waals surface area contributed by atoms with Crippen LogP contribution in [0.25, 0.3) is 0 Å². The summed E-state index contributed by atoms with van der Waals surface area (Å²) >= 11 is 0. The van der Waals surface area contributed by atoms with E-state index in [1.54, 1.807) is 0 Å². The zero-order valence-electron chi connectivity index (χ0n) is 9.83. The second kappa shape index (κ2) is 3.59. The fourth-order valence-electron chi connectivity index (χ4n) is 2.82. The van der Waals surface area contributed by atoms with Gasteiger partial charge in [0.05, 0.1) is 0 Å². The summed E-state index contributed by atoms with van der Waals surface area (Å²) in [4.78, 5) is 0. The monoisotopic (exact) mass is 206 g/mol. The molecule has 1 atom stereocenters. The summed E-state index contributed by atoms with van der Waals surface area (Å²) in [6, 6.07) is 0. The third-order valence-electron chi connectivity index (χ3n) is 3.54. The van der Waals surface area contributed by atoms with Crippen LogP contribution in [0, 0.1) is 0 Å². The molecule has 0 saturated carbocycles. The van der Waals surface area contributed by atoms with Gasteiger partial charge in [-0.1, -0.05) is 0 Å². The Kier molecular flexibility index (Phi) is 2.20. The molecule has 1 heteroatoms. The summed E-state index contributed by atoms with van der Waals surface area (Å²) in [5.41, 5.74) is 7.35. The minimum atomic E-state index is 0.520. The molecule has 1 unspecified atom stereocenters. The van der Waals surface area contributed by atoms with Gasteiger partial charge in [0.1, 0.15) is 0 Å². The van der Waals surface area contributed by atoms with E-state index in [1.165, 1.54) is 27.8 Å². The SMILES string of the molecule is CC(C)=C1C2=CC=CC2=BC1C1=CC=CC1. The maximum atomic E-state index is 2.41. The molecule has 0 saturated heterocycles. The van der Waals surface area contributed by atoms with Crippen molar-refractivity contribution in [2.75, 3.05) is 0 Å². The first kappa shape index (κ1) is 9.83. The third kappa shape index (κ3) is 1.35. The van der Waals surface area contributed by atoms with E-state index in [-0.39, 0.29) is 0 Å². The summed E-state index contributed by atoms with van der Waals surface area (Å²) in [5, 5.41) is 0. The van der Waals surface area contributed by atoms with Crippen molar-refractivity contribution in [3.05, 3.63) is 58.7 Å². The van der Waals surface area contributed by atoms with Crippen LogP contribution in [0.5, 0.6) is 0 Å². The normalized spacial score (nSPS) is 25.2. The molecule has 0 bridgehead atoms. The molecule has 0 nitrogen and oxygen atoms in total. The second-order valence-electron chi connectivity index (χ2n) is 4.83. The van der Waals surface area contributed by atoms with Crippen LogP contribution in [-0.2, 0) is 0 Å². The van der Waals surface area contributed by atoms with Gasteiger partial charge in [-0.15, -0.1) is 0 Å². The Morgan fingerprint density at radius 2 is 2.12 bits per heavy atom. The van der Waals surface area contributed by atoms with Crippen LogP contribution in [0.15, 0.2) is 58.7 Å². The number of rotatable bonds is 1. The van der Waals surface area contributed by atoms with Crippen LogP contribution in [0.2, 0.25) is 5.82 Å². The summed E-state index contributed by atoms with van der Waals surface area (Å²) in [6.07, 6.45) is 14.4. The molecule has 78 valence electrons. The number of allylic oxidation sites excluding steroid dienone is 10. The summed E-state index contributed by atoms with van der Waals surface area (Å²) < 4.78 is 0. The van der Waals surface area contributed by atoms with Crippen molar-refractivity contribution in [2.45, 2.75) is 26.1 Å². The van der Waals surface area contributed by atoms with Gasteiger partial charge in [-0.25, -0.2) is 0 Å². The van der Waals surface area contributed by atoms with Crippen molar-refractivity contribution in [3.63, 3.8) is 0 Å². The van der Waals surface area contributed by atoms with E-state index in [0.717, 1.165) is 6.42 Å². The predicted molar refractivity (Wildman–Crippen MR) is 71.9 cm³/mol. The van der Waals surface area contributed by atoms with Crippen LogP contribution in [0.4, 0.5) is 0 Å². The van der Waals surface area contributed by atoms with Gasteiger partial charge in [0.15, 0.2) is 0 Å². The maximum absolute atomic E-state index is 2.41. The summed E-state index contributed by atoms with van der Waals surface area (Å²) in [5.74, 6) is 0.520. The molecule has 0 aromatic carbocycles. The Labute approximate surface area is 97.7 Å². The second-order valence-corrected chi connectivity index (χ2v) is 4.83. The summed E-state index contributed by atoms with van der Waals surface area (Å²) in [6.45, 7) is 6.86. The molecule has 3 rings (SSSR count). The Bertz CT molecular complexity index is 518. The van der Waals surface area contributed by atoms with Gasteiger partial charge < -0.3 is 0 Å². The van der Waals surface area contributed by atoms with E-state index >= 15 is 0 Å². The van der Waals surface area contributed by atoms with Crippen molar-refractivity contribution in [3.8, 4) is 0 Å². The number of hydrogen-bond acceptors (Lipinski definition) is 0. The molecule has 0 radical (unpaired) electrons. The molecule has 0 aromatic rings. The van der Waals surface area contributed by atoms with Crippen molar-refractivity contribution in [2.24, 2.45) is 0 Å². The Morgan fingerprint density at radius 3 is 2.81 bits per heavy atom.